The number of benzene rings is 1. The summed E-state index contributed by atoms with van der Waals surface area (Å²) in [4.78, 5) is 12.1. The Balaban J connectivity index is 1.93. The molecule has 1 amide bonds. The van der Waals surface area contributed by atoms with E-state index in [4.69, 9.17) is 11.6 Å². The van der Waals surface area contributed by atoms with Gasteiger partial charge >= 0.3 is 0 Å². The summed E-state index contributed by atoms with van der Waals surface area (Å²) in [6.07, 6.45) is 2.76. The minimum absolute atomic E-state index is 0.0141. The van der Waals surface area contributed by atoms with Crippen LogP contribution in [0.3, 0.4) is 0 Å². The minimum Gasteiger partial charge on any atom is -0.387 e. The molecule has 0 heterocycles. The van der Waals surface area contributed by atoms with E-state index in [9.17, 15) is 14.3 Å². The monoisotopic (exact) mass is 299 g/mol. The van der Waals surface area contributed by atoms with Crippen LogP contribution >= 0.6 is 11.6 Å². The SMILES string of the molecule is CCC1(C(=O)NCC(O)c2ccc(Cl)c(F)c2)CCC1. The molecule has 110 valence electrons. The fourth-order valence-corrected chi connectivity index (χ4v) is 2.68. The van der Waals surface area contributed by atoms with Gasteiger partial charge in [0.1, 0.15) is 5.82 Å². The fraction of sp³-hybridized carbons (Fsp3) is 0.533. The van der Waals surface area contributed by atoms with Crippen LogP contribution in [0, 0.1) is 11.2 Å². The van der Waals surface area contributed by atoms with Gasteiger partial charge in [0.15, 0.2) is 0 Å². The van der Waals surface area contributed by atoms with Crippen molar-refractivity contribution in [2.75, 3.05) is 6.54 Å². The van der Waals surface area contributed by atoms with Gasteiger partial charge in [-0.25, -0.2) is 4.39 Å². The molecule has 1 aromatic carbocycles. The number of amides is 1. The van der Waals surface area contributed by atoms with Crippen LogP contribution in [0.1, 0.15) is 44.3 Å². The smallest absolute Gasteiger partial charge is 0.226 e. The maximum atomic E-state index is 13.3. The summed E-state index contributed by atoms with van der Waals surface area (Å²) in [5, 5.41) is 12.8. The summed E-state index contributed by atoms with van der Waals surface area (Å²) < 4.78 is 13.3. The van der Waals surface area contributed by atoms with Gasteiger partial charge in [-0.15, -0.1) is 0 Å². The third-order valence-electron chi connectivity index (χ3n) is 4.25. The molecular formula is C15H19ClFNO2. The lowest BCUT2D eigenvalue weighted by Crippen LogP contribution is -2.46. The largest absolute Gasteiger partial charge is 0.387 e. The van der Waals surface area contributed by atoms with Crippen molar-refractivity contribution in [2.24, 2.45) is 5.41 Å². The molecule has 0 aliphatic heterocycles. The van der Waals surface area contributed by atoms with Crippen molar-refractivity contribution < 1.29 is 14.3 Å². The molecule has 0 bridgehead atoms. The number of carbonyl (C=O) groups is 1. The molecule has 0 radical (unpaired) electrons. The maximum absolute atomic E-state index is 13.3. The Morgan fingerprint density at radius 2 is 2.25 bits per heavy atom. The van der Waals surface area contributed by atoms with Gasteiger partial charge in [-0.05, 0) is 37.0 Å². The number of nitrogens with one attached hydrogen (secondary N) is 1. The van der Waals surface area contributed by atoms with Gasteiger partial charge in [-0.2, -0.15) is 0 Å². The van der Waals surface area contributed by atoms with Gasteiger partial charge in [-0.1, -0.05) is 31.0 Å². The number of carbonyl (C=O) groups excluding carboxylic acids is 1. The standard InChI is InChI=1S/C15H19ClFNO2/c1-2-15(6-3-7-15)14(20)18-9-13(19)10-4-5-11(16)12(17)8-10/h4-5,8,13,19H,2-3,6-7,9H2,1H3,(H,18,20). The van der Waals surface area contributed by atoms with Crippen molar-refractivity contribution in [3.05, 3.63) is 34.6 Å². The lowest BCUT2D eigenvalue weighted by Gasteiger charge is -2.39. The Hall–Kier alpha value is -1.13. The molecule has 5 heteroatoms. The lowest BCUT2D eigenvalue weighted by molar-refractivity contribution is -0.136. The van der Waals surface area contributed by atoms with Crippen molar-refractivity contribution in [1.29, 1.82) is 0 Å². The van der Waals surface area contributed by atoms with Gasteiger partial charge in [0, 0.05) is 12.0 Å². The number of hydrogen-bond acceptors (Lipinski definition) is 2. The van der Waals surface area contributed by atoms with Crippen molar-refractivity contribution in [2.45, 2.75) is 38.7 Å². The lowest BCUT2D eigenvalue weighted by atomic mass is 9.66. The van der Waals surface area contributed by atoms with Crippen LogP contribution in [0.2, 0.25) is 5.02 Å². The van der Waals surface area contributed by atoms with E-state index in [-0.39, 0.29) is 22.9 Å². The first-order valence-corrected chi connectivity index (χ1v) is 7.27. The molecular weight excluding hydrogens is 281 g/mol. The molecule has 20 heavy (non-hydrogen) atoms. The Labute approximate surface area is 123 Å². The Bertz CT molecular complexity index is 497. The van der Waals surface area contributed by atoms with Crippen LogP contribution in [0.25, 0.3) is 0 Å². The highest BCUT2D eigenvalue weighted by Crippen LogP contribution is 2.43. The van der Waals surface area contributed by atoms with E-state index in [2.05, 4.69) is 5.32 Å². The van der Waals surface area contributed by atoms with Crippen LogP contribution in [0.15, 0.2) is 18.2 Å². The molecule has 1 atom stereocenters. The topological polar surface area (TPSA) is 49.3 Å². The number of aliphatic hydroxyl groups is 1. The van der Waals surface area contributed by atoms with Crippen molar-refractivity contribution in [3.8, 4) is 0 Å². The molecule has 0 spiro atoms. The normalized spacial score (nSPS) is 18.2. The first-order valence-electron chi connectivity index (χ1n) is 6.90. The van der Waals surface area contributed by atoms with Crippen molar-refractivity contribution in [1.82, 2.24) is 5.32 Å². The Morgan fingerprint density at radius 3 is 2.75 bits per heavy atom. The van der Waals surface area contributed by atoms with Gasteiger partial charge in [-0.3, -0.25) is 4.79 Å². The summed E-state index contributed by atoms with van der Waals surface area (Å²) in [5.41, 5.74) is 0.150. The van der Waals surface area contributed by atoms with Crippen LogP contribution in [-0.4, -0.2) is 17.6 Å². The number of aliphatic hydroxyl groups excluding tert-OH is 1. The predicted octanol–water partition coefficient (Wildman–Crippen LogP) is 3.21. The molecule has 1 saturated carbocycles. The predicted molar refractivity (Wildman–Crippen MR) is 76.0 cm³/mol. The van der Waals surface area contributed by atoms with Gasteiger partial charge in [0.2, 0.25) is 5.91 Å². The van der Waals surface area contributed by atoms with Crippen molar-refractivity contribution in [3.63, 3.8) is 0 Å². The van der Waals surface area contributed by atoms with Crippen LogP contribution in [0.5, 0.6) is 0 Å². The second-order valence-corrected chi connectivity index (χ2v) is 5.79. The van der Waals surface area contributed by atoms with Crippen molar-refractivity contribution >= 4 is 17.5 Å². The second-order valence-electron chi connectivity index (χ2n) is 5.39. The van der Waals surface area contributed by atoms with Gasteiger partial charge in [0.25, 0.3) is 0 Å². The summed E-state index contributed by atoms with van der Waals surface area (Å²) in [5.74, 6) is -0.585. The quantitative estimate of drug-likeness (QED) is 0.877. The molecule has 3 nitrogen and oxygen atoms in total. The highest BCUT2D eigenvalue weighted by atomic mass is 35.5. The first kappa shape index (κ1) is 15.3. The fourth-order valence-electron chi connectivity index (χ4n) is 2.56. The van der Waals surface area contributed by atoms with E-state index >= 15 is 0 Å². The second kappa shape index (κ2) is 6.10. The summed E-state index contributed by atoms with van der Waals surface area (Å²) >= 11 is 5.59. The Kier molecular flexibility index (Phi) is 4.66. The summed E-state index contributed by atoms with van der Waals surface area (Å²) in [6, 6.07) is 4.15. The van der Waals surface area contributed by atoms with Gasteiger partial charge in [0.05, 0.1) is 11.1 Å². The van der Waals surface area contributed by atoms with E-state index in [1.807, 2.05) is 6.92 Å². The molecule has 2 N–H and O–H groups in total. The van der Waals surface area contributed by atoms with E-state index in [1.54, 1.807) is 6.07 Å². The van der Waals surface area contributed by atoms with E-state index < -0.39 is 11.9 Å². The third-order valence-corrected chi connectivity index (χ3v) is 4.56. The minimum atomic E-state index is -0.931. The van der Waals surface area contributed by atoms with Crippen LogP contribution in [-0.2, 0) is 4.79 Å². The Morgan fingerprint density at radius 1 is 1.55 bits per heavy atom. The van der Waals surface area contributed by atoms with E-state index in [0.29, 0.717) is 5.56 Å². The molecule has 1 aromatic rings. The zero-order valence-corrected chi connectivity index (χ0v) is 12.2. The van der Waals surface area contributed by atoms with Crippen LogP contribution < -0.4 is 5.32 Å². The zero-order valence-electron chi connectivity index (χ0n) is 11.5. The summed E-state index contributed by atoms with van der Waals surface area (Å²) in [6.45, 7) is 2.09. The molecule has 1 unspecified atom stereocenters. The third kappa shape index (κ3) is 2.96. The molecule has 0 aromatic heterocycles. The molecule has 1 aliphatic carbocycles. The molecule has 1 fully saturated rings. The number of halogens is 2. The number of rotatable bonds is 5. The highest BCUT2D eigenvalue weighted by Gasteiger charge is 2.42. The zero-order chi connectivity index (χ0) is 14.8. The van der Waals surface area contributed by atoms with E-state index in [1.165, 1.54) is 12.1 Å². The summed E-state index contributed by atoms with van der Waals surface area (Å²) in [7, 11) is 0. The molecule has 1 aliphatic rings. The van der Waals surface area contributed by atoms with Gasteiger partial charge < -0.3 is 10.4 Å². The molecule has 0 saturated heterocycles. The molecule has 2 rings (SSSR count). The van der Waals surface area contributed by atoms with E-state index in [0.717, 1.165) is 25.7 Å². The average Bonchev–Trinajstić information content (AvgIpc) is 2.38. The van der Waals surface area contributed by atoms with Crippen LogP contribution in [0.4, 0.5) is 4.39 Å². The average molecular weight is 300 g/mol. The maximum Gasteiger partial charge on any atom is 0.226 e. The number of hydrogen-bond donors (Lipinski definition) is 2. The highest BCUT2D eigenvalue weighted by molar-refractivity contribution is 6.30. The first-order chi connectivity index (χ1) is 9.48.